The number of methoxy groups -OCH3 is 2. The highest BCUT2D eigenvalue weighted by molar-refractivity contribution is 7.14. The van der Waals surface area contributed by atoms with Gasteiger partial charge in [-0.15, -0.1) is 11.3 Å². The number of nitrogens with zero attached hydrogens (tertiary/aromatic N) is 2. The van der Waals surface area contributed by atoms with Gasteiger partial charge in [0.25, 0.3) is 0 Å². The Morgan fingerprint density at radius 3 is 2.47 bits per heavy atom. The number of amides is 1. The molecule has 2 aromatic rings. The van der Waals surface area contributed by atoms with E-state index in [4.69, 9.17) is 9.47 Å². The minimum Gasteiger partial charge on any atom is -0.868 e. The molecule has 2 heterocycles. The summed E-state index contributed by atoms with van der Waals surface area (Å²) in [6, 6.07) is 4.35. The van der Waals surface area contributed by atoms with Crippen molar-refractivity contribution in [3.8, 4) is 11.5 Å². The first-order valence-corrected chi connectivity index (χ1v) is 12.3. The predicted molar refractivity (Wildman–Crippen MR) is 128 cm³/mol. The van der Waals surface area contributed by atoms with Gasteiger partial charge in [-0.1, -0.05) is 0 Å². The molecule has 3 rings (SSSR count). The first-order chi connectivity index (χ1) is 16.3. The summed E-state index contributed by atoms with van der Waals surface area (Å²) in [5.41, 5.74) is 1.05. The molecule has 1 aliphatic heterocycles. The van der Waals surface area contributed by atoms with E-state index >= 15 is 0 Å². The first kappa shape index (κ1) is 25.7. The van der Waals surface area contributed by atoms with E-state index in [2.05, 4.69) is 18.8 Å². The third-order valence-electron chi connectivity index (χ3n) is 6.30. The van der Waals surface area contributed by atoms with Crippen molar-refractivity contribution in [2.75, 3.05) is 40.4 Å². The maximum atomic E-state index is 13.7. The van der Waals surface area contributed by atoms with E-state index in [1.54, 1.807) is 32.2 Å². The molecule has 9 heteroatoms. The van der Waals surface area contributed by atoms with Gasteiger partial charge in [-0.25, -0.2) is 4.98 Å². The summed E-state index contributed by atoms with van der Waals surface area (Å²) in [7, 11) is 3.07. The monoisotopic (exact) mass is 487 g/mol. The normalized spacial score (nSPS) is 16.0. The largest absolute Gasteiger partial charge is 0.868 e. The van der Waals surface area contributed by atoms with Gasteiger partial charge in [0.1, 0.15) is 11.5 Å². The van der Waals surface area contributed by atoms with Crippen LogP contribution in [0.3, 0.4) is 0 Å². The molecule has 1 aromatic carbocycles. The third-order valence-corrected chi connectivity index (χ3v) is 7.37. The number of benzene rings is 1. The Bertz CT molecular complexity index is 1090. The quantitative estimate of drug-likeness (QED) is 0.483. The molecule has 1 aromatic heterocycles. The molecular weight excluding hydrogens is 454 g/mol. The van der Waals surface area contributed by atoms with E-state index in [9.17, 15) is 14.7 Å². The van der Waals surface area contributed by atoms with Crippen LogP contribution in [0.2, 0.25) is 0 Å². The van der Waals surface area contributed by atoms with Crippen LogP contribution >= 0.6 is 11.3 Å². The second-order valence-corrected chi connectivity index (χ2v) is 9.49. The summed E-state index contributed by atoms with van der Waals surface area (Å²) in [6.07, 6.45) is 0.707. The molecule has 0 fully saturated rings. The van der Waals surface area contributed by atoms with E-state index in [-0.39, 0.29) is 5.57 Å². The Morgan fingerprint density at radius 2 is 1.91 bits per heavy atom. The van der Waals surface area contributed by atoms with Gasteiger partial charge in [-0.3, -0.25) is 9.59 Å². The second-order valence-electron chi connectivity index (χ2n) is 8.29. The van der Waals surface area contributed by atoms with Gasteiger partial charge < -0.3 is 24.4 Å². The van der Waals surface area contributed by atoms with Crippen molar-refractivity contribution < 1.29 is 29.1 Å². The number of hydrogen-bond donors (Lipinski definition) is 1. The van der Waals surface area contributed by atoms with Crippen molar-refractivity contribution in [1.29, 1.82) is 0 Å². The summed E-state index contributed by atoms with van der Waals surface area (Å²) < 4.78 is 11.0. The number of aromatic nitrogens is 1. The Hall–Kier alpha value is -2.91. The number of Topliss-reactive ketones (excluding diaryl/α,β-unsaturated/α-hetero) is 1. The zero-order valence-electron chi connectivity index (χ0n) is 20.7. The molecule has 184 valence electrons. The molecule has 1 atom stereocenters. The van der Waals surface area contributed by atoms with Crippen LogP contribution in [0.4, 0.5) is 0 Å². The Morgan fingerprint density at radius 1 is 1.21 bits per heavy atom. The molecule has 0 radical (unpaired) electrons. The average Bonchev–Trinajstić information content (AvgIpc) is 3.30. The lowest BCUT2D eigenvalue weighted by molar-refractivity contribution is -0.896. The summed E-state index contributed by atoms with van der Waals surface area (Å²) in [5.74, 6) is -0.845. The zero-order valence-corrected chi connectivity index (χ0v) is 21.5. The molecule has 0 saturated carbocycles. The zero-order chi connectivity index (χ0) is 25.0. The van der Waals surface area contributed by atoms with Gasteiger partial charge >= 0.3 is 0 Å². The van der Waals surface area contributed by atoms with E-state index in [1.807, 2.05) is 6.92 Å². The highest BCUT2D eigenvalue weighted by Gasteiger charge is 2.41. The number of ketones is 1. The fourth-order valence-corrected chi connectivity index (χ4v) is 5.32. The molecule has 0 saturated heterocycles. The fourth-order valence-electron chi connectivity index (χ4n) is 4.44. The van der Waals surface area contributed by atoms with Crippen LogP contribution in [0.25, 0.3) is 0 Å². The SMILES string of the molecule is CC[NH+](CC)CCCN1C(=O)C([O-])=C(C(=O)c2sc(C)nc2C)C1c1cc(OC)ccc1OC. The smallest absolute Gasteiger partial charge is 0.239 e. The minimum atomic E-state index is -0.856. The number of rotatable bonds is 11. The van der Waals surface area contributed by atoms with Crippen LogP contribution in [-0.4, -0.2) is 62.0 Å². The van der Waals surface area contributed by atoms with Gasteiger partial charge in [-0.2, -0.15) is 0 Å². The number of ether oxygens (including phenoxy) is 2. The number of aryl methyl sites for hydroxylation is 2. The molecule has 1 aliphatic rings. The van der Waals surface area contributed by atoms with Crippen LogP contribution in [0, 0.1) is 13.8 Å². The lowest BCUT2D eigenvalue weighted by atomic mass is 9.94. The highest BCUT2D eigenvalue weighted by atomic mass is 32.1. The first-order valence-electron chi connectivity index (χ1n) is 11.5. The Labute approximate surface area is 204 Å². The predicted octanol–water partition coefficient (Wildman–Crippen LogP) is 1.47. The van der Waals surface area contributed by atoms with Crippen LogP contribution in [0.5, 0.6) is 11.5 Å². The summed E-state index contributed by atoms with van der Waals surface area (Å²) in [5, 5.41) is 14.0. The number of hydrogen-bond acceptors (Lipinski definition) is 7. The van der Waals surface area contributed by atoms with Gasteiger partial charge in [0.15, 0.2) is 0 Å². The minimum absolute atomic E-state index is 0.0570. The molecule has 1 amide bonds. The van der Waals surface area contributed by atoms with Crippen LogP contribution in [0.15, 0.2) is 29.5 Å². The Kier molecular flexibility index (Phi) is 8.33. The fraction of sp³-hybridized carbons (Fsp3) is 0.480. The van der Waals surface area contributed by atoms with E-state index in [0.29, 0.717) is 40.6 Å². The maximum Gasteiger partial charge on any atom is 0.239 e. The lowest BCUT2D eigenvalue weighted by Gasteiger charge is -2.29. The number of carbonyl (C=O) groups excluding carboxylic acids is 2. The van der Waals surface area contributed by atoms with E-state index < -0.39 is 23.5 Å². The van der Waals surface area contributed by atoms with Crippen molar-refractivity contribution in [1.82, 2.24) is 9.88 Å². The standard InChI is InChI=1S/C25H33N3O5S/c1-7-27(8-2)12-9-13-28-21(18-14-17(32-5)10-11-19(18)33-6)20(23(30)25(28)31)22(29)24-15(3)26-16(4)34-24/h10-11,14,21,30H,7-9,12-13H2,1-6H3. The molecule has 1 unspecified atom stereocenters. The van der Waals surface area contributed by atoms with Crippen LogP contribution in [-0.2, 0) is 4.79 Å². The number of thiazole rings is 1. The lowest BCUT2D eigenvalue weighted by Crippen LogP contribution is -3.11. The van der Waals surface area contributed by atoms with Gasteiger partial charge in [0, 0.05) is 24.1 Å². The number of nitrogens with one attached hydrogen (secondary N) is 1. The second kappa shape index (κ2) is 11.0. The van der Waals surface area contributed by atoms with Crippen molar-refractivity contribution in [3.63, 3.8) is 0 Å². The van der Waals surface area contributed by atoms with E-state index in [1.165, 1.54) is 28.2 Å². The number of carbonyl (C=O) groups is 2. The topological polar surface area (TPSA) is 96.2 Å². The maximum absolute atomic E-state index is 13.7. The van der Waals surface area contributed by atoms with Crippen molar-refractivity contribution in [2.24, 2.45) is 0 Å². The molecule has 0 spiro atoms. The van der Waals surface area contributed by atoms with Gasteiger partial charge in [0.05, 0.1) is 55.5 Å². The Balaban J connectivity index is 2.09. The summed E-state index contributed by atoms with van der Waals surface area (Å²) in [6.45, 7) is 11.0. The van der Waals surface area contributed by atoms with Crippen molar-refractivity contribution >= 4 is 23.0 Å². The third kappa shape index (κ3) is 4.95. The van der Waals surface area contributed by atoms with Crippen molar-refractivity contribution in [2.45, 2.75) is 40.2 Å². The van der Waals surface area contributed by atoms with E-state index in [0.717, 1.165) is 24.6 Å². The van der Waals surface area contributed by atoms with Gasteiger partial charge in [0.2, 0.25) is 11.7 Å². The highest BCUT2D eigenvalue weighted by Crippen LogP contribution is 2.43. The molecule has 0 aliphatic carbocycles. The molecule has 1 N–H and O–H groups in total. The summed E-state index contributed by atoms with van der Waals surface area (Å²) in [4.78, 5) is 34.5. The molecule has 34 heavy (non-hydrogen) atoms. The van der Waals surface area contributed by atoms with Crippen LogP contribution in [0.1, 0.15) is 52.2 Å². The molecule has 8 nitrogen and oxygen atoms in total. The molecule has 0 bridgehead atoms. The van der Waals surface area contributed by atoms with Crippen molar-refractivity contribution in [3.05, 3.63) is 50.7 Å². The number of quaternary nitrogens is 1. The van der Waals surface area contributed by atoms with Crippen LogP contribution < -0.4 is 19.5 Å². The molecular formula is C25H33N3O5S. The van der Waals surface area contributed by atoms with Gasteiger partial charge in [-0.05, 0) is 51.7 Å². The summed E-state index contributed by atoms with van der Waals surface area (Å²) >= 11 is 1.23. The average molecular weight is 488 g/mol.